The second kappa shape index (κ2) is 9.47. The highest BCUT2D eigenvalue weighted by Gasteiger charge is 2.56. The number of rotatable bonds is 8. The largest absolute Gasteiger partial charge is 0.363 e. The molecule has 2 rings (SSSR count). The van der Waals surface area contributed by atoms with Crippen LogP contribution < -0.4 is 16.0 Å². The number of hydrogen-bond donors (Lipinski definition) is 3. The number of nitrogens with one attached hydrogen (secondary N) is 3. The van der Waals surface area contributed by atoms with Gasteiger partial charge in [-0.1, -0.05) is 32.6 Å². The molecular formula is C19H35N5OS2. The Morgan fingerprint density at radius 2 is 1.93 bits per heavy atom. The van der Waals surface area contributed by atoms with Crippen LogP contribution in [0.25, 0.3) is 0 Å². The quantitative estimate of drug-likeness (QED) is 0.417. The molecule has 0 bridgehead atoms. The molecule has 0 aromatic carbocycles. The molecule has 2 heterocycles. The van der Waals surface area contributed by atoms with Crippen LogP contribution in [0.4, 0.5) is 0 Å². The topological polar surface area (TPSA) is 59.6 Å². The van der Waals surface area contributed by atoms with Gasteiger partial charge >= 0.3 is 0 Å². The number of unbranched alkanes of at least 4 members (excludes halogenated alkanes) is 4. The Bertz CT molecular complexity index is 568. The van der Waals surface area contributed by atoms with Crippen molar-refractivity contribution in [3.8, 4) is 0 Å². The number of amides is 1. The number of carbonyl (C=O) groups excluding carboxylic acids is 1. The zero-order chi connectivity index (χ0) is 20.1. The molecule has 1 unspecified atom stereocenters. The Kier molecular flexibility index (Phi) is 7.83. The fourth-order valence-corrected chi connectivity index (χ4v) is 5.13. The van der Waals surface area contributed by atoms with Gasteiger partial charge in [-0.25, -0.2) is 0 Å². The summed E-state index contributed by atoms with van der Waals surface area (Å²) in [6, 6.07) is 0. The number of nitrogens with zero attached hydrogens (tertiary/aromatic N) is 2. The summed E-state index contributed by atoms with van der Waals surface area (Å²) in [5.74, 6) is -0.0437. The third-order valence-corrected chi connectivity index (χ3v) is 6.28. The summed E-state index contributed by atoms with van der Waals surface area (Å²) in [7, 11) is 0. The van der Waals surface area contributed by atoms with E-state index < -0.39 is 11.2 Å². The summed E-state index contributed by atoms with van der Waals surface area (Å²) < 4.78 is 0. The molecule has 1 amide bonds. The lowest BCUT2D eigenvalue weighted by molar-refractivity contribution is -0.130. The second-order valence-corrected chi connectivity index (χ2v) is 8.74. The predicted molar refractivity (Wildman–Crippen MR) is 119 cm³/mol. The molecule has 0 radical (unpaired) electrons. The molecule has 2 aliphatic heterocycles. The van der Waals surface area contributed by atoms with Crippen molar-refractivity contribution in [1.82, 2.24) is 25.8 Å². The zero-order valence-electron chi connectivity index (χ0n) is 17.2. The van der Waals surface area contributed by atoms with Crippen molar-refractivity contribution >= 4 is 40.6 Å². The van der Waals surface area contributed by atoms with Crippen LogP contribution in [0.3, 0.4) is 0 Å². The van der Waals surface area contributed by atoms with Gasteiger partial charge in [0.05, 0.1) is 0 Å². The molecule has 0 spiro atoms. The average Bonchev–Trinajstić information content (AvgIpc) is 2.82. The van der Waals surface area contributed by atoms with Crippen LogP contribution in [0.2, 0.25) is 0 Å². The minimum atomic E-state index is -0.709. The van der Waals surface area contributed by atoms with Crippen molar-refractivity contribution in [2.45, 2.75) is 77.4 Å². The van der Waals surface area contributed by atoms with Gasteiger partial charge in [0.25, 0.3) is 5.91 Å². The Balaban J connectivity index is 2.36. The van der Waals surface area contributed by atoms with E-state index in [0.717, 1.165) is 44.1 Å². The fraction of sp³-hybridized carbons (Fsp3) is 0.842. The molecule has 2 fully saturated rings. The highest BCUT2D eigenvalue weighted by Crippen LogP contribution is 2.37. The molecule has 0 aromatic heterocycles. The van der Waals surface area contributed by atoms with E-state index in [-0.39, 0.29) is 5.91 Å². The summed E-state index contributed by atoms with van der Waals surface area (Å²) in [5.41, 5.74) is -1.15. The van der Waals surface area contributed by atoms with E-state index >= 15 is 0 Å². The minimum Gasteiger partial charge on any atom is -0.363 e. The Morgan fingerprint density at radius 3 is 2.52 bits per heavy atom. The van der Waals surface area contributed by atoms with E-state index in [1.165, 1.54) is 25.7 Å². The maximum Gasteiger partial charge on any atom is 0.251 e. The third kappa shape index (κ3) is 4.54. The molecular weight excluding hydrogens is 378 g/mol. The minimum absolute atomic E-state index is 0.0437. The smallest absolute Gasteiger partial charge is 0.251 e. The molecule has 3 N–H and O–H groups in total. The van der Waals surface area contributed by atoms with Gasteiger partial charge in [0.1, 0.15) is 11.2 Å². The van der Waals surface area contributed by atoms with E-state index in [2.05, 4.69) is 39.6 Å². The number of thiocarbonyl (C=S) groups is 2. The average molecular weight is 414 g/mol. The molecule has 27 heavy (non-hydrogen) atoms. The lowest BCUT2D eigenvalue weighted by atomic mass is 9.90. The molecule has 6 nitrogen and oxygen atoms in total. The predicted octanol–water partition coefficient (Wildman–Crippen LogP) is 2.34. The monoisotopic (exact) mass is 413 g/mol. The van der Waals surface area contributed by atoms with Crippen LogP contribution in [0.5, 0.6) is 0 Å². The van der Waals surface area contributed by atoms with Gasteiger partial charge in [-0.05, 0) is 58.0 Å². The number of piperazine rings is 1. The van der Waals surface area contributed by atoms with Gasteiger partial charge < -0.3 is 25.8 Å². The van der Waals surface area contributed by atoms with Gasteiger partial charge in [-0.15, -0.1) is 0 Å². The van der Waals surface area contributed by atoms with Crippen molar-refractivity contribution in [2.24, 2.45) is 0 Å². The highest BCUT2D eigenvalue weighted by molar-refractivity contribution is 7.80. The summed E-state index contributed by atoms with van der Waals surface area (Å²) in [6.45, 7) is 11.3. The van der Waals surface area contributed by atoms with Crippen molar-refractivity contribution in [3.05, 3.63) is 0 Å². The normalized spacial score (nSPS) is 24.9. The number of carbonyl (C=O) groups is 1. The van der Waals surface area contributed by atoms with E-state index in [1.54, 1.807) is 0 Å². The van der Waals surface area contributed by atoms with Crippen molar-refractivity contribution in [2.75, 3.05) is 26.2 Å². The molecule has 0 aliphatic carbocycles. The molecule has 2 saturated heterocycles. The van der Waals surface area contributed by atoms with E-state index in [4.69, 9.17) is 24.4 Å². The van der Waals surface area contributed by atoms with Gasteiger partial charge in [-0.3, -0.25) is 4.79 Å². The van der Waals surface area contributed by atoms with Crippen LogP contribution in [-0.2, 0) is 4.79 Å². The SMILES string of the molecule is CCCCCCCC1(N2C(=S)NC(=O)C2(C)C)CNCCN1C(=S)NCC. The Labute approximate surface area is 174 Å². The van der Waals surface area contributed by atoms with Crippen LogP contribution in [0.1, 0.15) is 66.2 Å². The first-order valence-electron chi connectivity index (χ1n) is 10.2. The summed E-state index contributed by atoms with van der Waals surface area (Å²) in [6.07, 6.45) is 6.90. The maximum absolute atomic E-state index is 12.6. The Morgan fingerprint density at radius 1 is 1.22 bits per heavy atom. The van der Waals surface area contributed by atoms with Gasteiger partial charge in [0, 0.05) is 26.2 Å². The lowest BCUT2D eigenvalue weighted by Gasteiger charge is -2.56. The van der Waals surface area contributed by atoms with E-state index in [0.29, 0.717) is 5.11 Å². The maximum atomic E-state index is 12.6. The molecule has 154 valence electrons. The van der Waals surface area contributed by atoms with E-state index in [1.807, 2.05) is 13.8 Å². The summed E-state index contributed by atoms with van der Waals surface area (Å²) in [5, 5.41) is 11.0. The van der Waals surface area contributed by atoms with Crippen LogP contribution in [0, 0.1) is 0 Å². The molecule has 2 aliphatic rings. The van der Waals surface area contributed by atoms with Gasteiger partial charge in [-0.2, -0.15) is 0 Å². The van der Waals surface area contributed by atoms with Crippen LogP contribution >= 0.6 is 24.4 Å². The zero-order valence-corrected chi connectivity index (χ0v) is 18.8. The van der Waals surface area contributed by atoms with E-state index in [9.17, 15) is 4.79 Å². The second-order valence-electron chi connectivity index (χ2n) is 7.96. The van der Waals surface area contributed by atoms with Crippen molar-refractivity contribution in [1.29, 1.82) is 0 Å². The van der Waals surface area contributed by atoms with Gasteiger partial charge in [0.15, 0.2) is 10.2 Å². The fourth-order valence-electron chi connectivity index (χ4n) is 4.24. The van der Waals surface area contributed by atoms with Gasteiger partial charge in [0.2, 0.25) is 0 Å². The van der Waals surface area contributed by atoms with Crippen molar-refractivity contribution < 1.29 is 4.79 Å². The third-order valence-electron chi connectivity index (χ3n) is 5.63. The van der Waals surface area contributed by atoms with Crippen LogP contribution in [0.15, 0.2) is 0 Å². The standard InChI is InChI=1S/C19H35N5OS2/c1-5-7-8-9-10-11-19(24-17(27)22-15(25)18(24,3)4)14-20-12-13-23(19)16(26)21-6-2/h20H,5-14H2,1-4H3,(H,21,26)(H,22,25,27). The lowest BCUT2D eigenvalue weighted by Crippen LogP contribution is -2.75. The first kappa shape index (κ1) is 22.3. The summed E-state index contributed by atoms with van der Waals surface area (Å²) in [4.78, 5) is 17.0. The Hall–Kier alpha value is -0.990. The first-order valence-corrected chi connectivity index (χ1v) is 11.0. The molecule has 1 atom stereocenters. The molecule has 0 aromatic rings. The highest BCUT2D eigenvalue weighted by atomic mass is 32.1. The van der Waals surface area contributed by atoms with Crippen molar-refractivity contribution in [3.63, 3.8) is 0 Å². The first-order chi connectivity index (χ1) is 12.8. The summed E-state index contributed by atoms with van der Waals surface area (Å²) >= 11 is 11.4. The molecule has 0 saturated carbocycles. The molecule has 8 heteroatoms. The number of hydrogen-bond acceptors (Lipinski definition) is 4. The van der Waals surface area contributed by atoms with Crippen LogP contribution in [-0.4, -0.2) is 63.3 Å².